The molecule has 8 heteroatoms. The number of hydrogen-bond donors (Lipinski definition) is 2. The standard InChI is InChI=1S/C15H13FN4O2S/c16-11-3-1-10(2-4-11)15-19-13(9-23-15)5-17-12-6-18-20(7-12)8-14(21)22/h1-4,6-7,9,17H,5,8H2,(H,21,22). The summed E-state index contributed by atoms with van der Waals surface area (Å²) in [6, 6.07) is 6.21. The second-order valence-corrected chi connectivity index (χ2v) is 5.68. The molecule has 2 heterocycles. The molecule has 3 rings (SSSR count). The van der Waals surface area contributed by atoms with Gasteiger partial charge in [-0.05, 0) is 24.3 Å². The van der Waals surface area contributed by atoms with Crippen LogP contribution in [0.2, 0.25) is 0 Å². The van der Waals surface area contributed by atoms with Crippen LogP contribution in [-0.2, 0) is 17.9 Å². The average Bonchev–Trinajstić information content (AvgIpc) is 3.14. The summed E-state index contributed by atoms with van der Waals surface area (Å²) in [7, 11) is 0. The first-order valence-corrected chi connectivity index (χ1v) is 7.66. The molecule has 1 aromatic carbocycles. The molecule has 0 aliphatic rings. The molecular formula is C15H13FN4O2S. The fraction of sp³-hybridized carbons (Fsp3) is 0.133. The minimum absolute atomic E-state index is 0.174. The van der Waals surface area contributed by atoms with Crippen molar-refractivity contribution in [1.29, 1.82) is 0 Å². The van der Waals surface area contributed by atoms with Crippen molar-refractivity contribution in [3.8, 4) is 10.6 Å². The molecule has 2 N–H and O–H groups in total. The van der Waals surface area contributed by atoms with Crippen molar-refractivity contribution in [2.75, 3.05) is 5.32 Å². The third-order valence-corrected chi connectivity index (χ3v) is 3.99. The van der Waals surface area contributed by atoms with Crippen LogP contribution in [0.5, 0.6) is 0 Å². The molecule has 118 valence electrons. The lowest BCUT2D eigenvalue weighted by Crippen LogP contribution is -2.08. The Labute approximate surface area is 135 Å². The molecule has 0 saturated heterocycles. The number of anilines is 1. The van der Waals surface area contributed by atoms with Crippen molar-refractivity contribution >= 4 is 23.0 Å². The highest BCUT2D eigenvalue weighted by molar-refractivity contribution is 7.13. The van der Waals surface area contributed by atoms with Gasteiger partial charge in [-0.2, -0.15) is 5.10 Å². The molecule has 0 aliphatic carbocycles. The van der Waals surface area contributed by atoms with Gasteiger partial charge in [0.25, 0.3) is 0 Å². The SMILES string of the molecule is O=C(O)Cn1cc(NCc2csc(-c3ccc(F)cc3)n2)cn1. The number of carboxylic acids is 1. The molecule has 6 nitrogen and oxygen atoms in total. The van der Waals surface area contributed by atoms with Gasteiger partial charge in [0.15, 0.2) is 0 Å². The van der Waals surface area contributed by atoms with E-state index < -0.39 is 5.97 Å². The minimum Gasteiger partial charge on any atom is -0.480 e. The van der Waals surface area contributed by atoms with Gasteiger partial charge in [0, 0.05) is 17.1 Å². The Kier molecular flexibility index (Phi) is 4.33. The predicted molar refractivity (Wildman–Crippen MR) is 84.7 cm³/mol. The summed E-state index contributed by atoms with van der Waals surface area (Å²) in [5.74, 6) is -1.21. The fourth-order valence-corrected chi connectivity index (χ4v) is 2.81. The van der Waals surface area contributed by atoms with E-state index >= 15 is 0 Å². The van der Waals surface area contributed by atoms with Gasteiger partial charge in [0.05, 0.1) is 24.1 Å². The number of nitrogens with zero attached hydrogens (tertiary/aromatic N) is 3. The largest absolute Gasteiger partial charge is 0.480 e. The Balaban J connectivity index is 1.62. The third kappa shape index (κ3) is 3.92. The number of rotatable bonds is 6. The number of benzene rings is 1. The van der Waals surface area contributed by atoms with E-state index in [0.29, 0.717) is 6.54 Å². The lowest BCUT2D eigenvalue weighted by Gasteiger charge is -2.00. The third-order valence-electron chi connectivity index (χ3n) is 3.05. The Morgan fingerprint density at radius 1 is 1.35 bits per heavy atom. The van der Waals surface area contributed by atoms with Crippen LogP contribution in [0, 0.1) is 5.82 Å². The molecule has 0 unspecified atom stereocenters. The van der Waals surface area contributed by atoms with E-state index in [1.54, 1.807) is 24.5 Å². The predicted octanol–water partition coefficient (Wildman–Crippen LogP) is 2.84. The number of nitrogens with one attached hydrogen (secondary N) is 1. The highest BCUT2D eigenvalue weighted by Gasteiger charge is 2.06. The number of halogens is 1. The molecule has 3 aromatic rings. The Hall–Kier alpha value is -2.74. The molecule has 0 amide bonds. The van der Waals surface area contributed by atoms with Crippen LogP contribution in [0.15, 0.2) is 42.0 Å². The van der Waals surface area contributed by atoms with Crippen molar-refractivity contribution in [2.45, 2.75) is 13.1 Å². The lowest BCUT2D eigenvalue weighted by molar-refractivity contribution is -0.137. The zero-order valence-corrected chi connectivity index (χ0v) is 12.8. The topological polar surface area (TPSA) is 80.0 Å². The molecule has 0 aliphatic heterocycles. The van der Waals surface area contributed by atoms with Crippen molar-refractivity contribution in [1.82, 2.24) is 14.8 Å². The summed E-state index contributed by atoms with van der Waals surface area (Å²) < 4.78 is 14.3. The summed E-state index contributed by atoms with van der Waals surface area (Å²) >= 11 is 1.49. The fourth-order valence-electron chi connectivity index (χ4n) is 1.99. The molecule has 2 aromatic heterocycles. The zero-order valence-electron chi connectivity index (χ0n) is 11.9. The average molecular weight is 332 g/mol. The molecule has 0 radical (unpaired) electrons. The van der Waals surface area contributed by atoms with Gasteiger partial charge >= 0.3 is 5.97 Å². The number of aromatic nitrogens is 3. The van der Waals surface area contributed by atoms with E-state index in [1.807, 2.05) is 5.38 Å². The quantitative estimate of drug-likeness (QED) is 0.725. The summed E-state index contributed by atoms with van der Waals surface area (Å²) in [5.41, 5.74) is 2.44. The van der Waals surface area contributed by atoms with Gasteiger partial charge in [-0.15, -0.1) is 11.3 Å². The molecule has 0 atom stereocenters. The van der Waals surface area contributed by atoms with E-state index in [1.165, 1.54) is 28.2 Å². The first-order chi connectivity index (χ1) is 11.1. The first kappa shape index (κ1) is 15.2. The maximum atomic E-state index is 12.9. The summed E-state index contributed by atoms with van der Waals surface area (Å²) in [5, 5.41) is 18.5. The molecule has 0 saturated carbocycles. The van der Waals surface area contributed by atoms with E-state index in [-0.39, 0.29) is 12.4 Å². The Morgan fingerprint density at radius 3 is 2.87 bits per heavy atom. The van der Waals surface area contributed by atoms with Gasteiger partial charge < -0.3 is 10.4 Å². The highest BCUT2D eigenvalue weighted by Crippen LogP contribution is 2.24. The van der Waals surface area contributed by atoms with Crippen molar-refractivity contribution < 1.29 is 14.3 Å². The summed E-state index contributed by atoms with van der Waals surface area (Å²) in [6.07, 6.45) is 3.19. The van der Waals surface area contributed by atoms with Gasteiger partial charge in [-0.1, -0.05) is 0 Å². The lowest BCUT2D eigenvalue weighted by atomic mass is 10.2. The maximum Gasteiger partial charge on any atom is 0.325 e. The van der Waals surface area contributed by atoms with Crippen LogP contribution in [0.1, 0.15) is 5.69 Å². The zero-order chi connectivity index (χ0) is 16.2. The minimum atomic E-state index is -0.942. The number of carbonyl (C=O) groups is 1. The van der Waals surface area contributed by atoms with Crippen LogP contribution in [-0.4, -0.2) is 25.8 Å². The van der Waals surface area contributed by atoms with Crippen LogP contribution < -0.4 is 5.32 Å². The maximum absolute atomic E-state index is 12.9. The normalized spacial score (nSPS) is 10.7. The summed E-state index contributed by atoms with van der Waals surface area (Å²) in [4.78, 5) is 15.1. The number of hydrogen-bond acceptors (Lipinski definition) is 5. The van der Waals surface area contributed by atoms with Crippen molar-refractivity contribution in [2.24, 2.45) is 0 Å². The number of carboxylic acid groups (broad SMARTS) is 1. The monoisotopic (exact) mass is 332 g/mol. The molecule has 0 bridgehead atoms. The molecular weight excluding hydrogens is 319 g/mol. The van der Waals surface area contributed by atoms with E-state index in [0.717, 1.165) is 22.0 Å². The Bertz CT molecular complexity index is 813. The van der Waals surface area contributed by atoms with Crippen molar-refractivity contribution in [3.05, 3.63) is 53.6 Å². The van der Waals surface area contributed by atoms with Crippen LogP contribution in [0.25, 0.3) is 10.6 Å². The highest BCUT2D eigenvalue weighted by atomic mass is 32.1. The van der Waals surface area contributed by atoms with Gasteiger partial charge in [-0.3, -0.25) is 9.48 Å². The smallest absolute Gasteiger partial charge is 0.325 e. The second kappa shape index (κ2) is 6.57. The second-order valence-electron chi connectivity index (χ2n) is 4.82. The first-order valence-electron chi connectivity index (χ1n) is 6.78. The van der Waals surface area contributed by atoms with Gasteiger partial charge in [0.1, 0.15) is 17.4 Å². The van der Waals surface area contributed by atoms with Crippen LogP contribution in [0.3, 0.4) is 0 Å². The van der Waals surface area contributed by atoms with Crippen LogP contribution >= 0.6 is 11.3 Å². The Morgan fingerprint density at radius 2 is 2.13 bits per heavy atom. The molecule has 0 fully saturated rings. The van der Waals surface area contributed by atoms with Crippen LogP contribution in [0.4, 0.5) is 10.1 Å². The molecule has 0 spiro atoms. The number of aliphatic carboxylic acids is 1. The van der Waals surface area contributed by atoms with Gasteiger partial charge in [-0.25, -0.2) is 9.37 Å². The number of thiazole rings is 1. The summed E-state index contributed by atoms with van der Waals surface area (Å²) in [6.45, 7) is 0.323. The molecule has 23 heavy (non-hydrogen) atoms. The van der Waals surface area contributed by atoms with Crippen molar-refractivity contribution in [3.63, 3.8) is 0 Å². The van der Waals surface area contributed by atoms with E-state index in [2.05, 4.69) is 15.4 Å². The van der Waals surface area contributed by atoms with E-state index in [4.69, 9.17) is 5.11 Å². The van der Waals surface area contributed by atoms with Gasteiger partial charge in [0.2, 0.25) is 0 Å². The van der Waals surface area contributed by atoms with E-state index in [9.17, 15) is 9.18 Å².